The first-order valence-corrected chi connectivity index (χ1v) is 12.5. The molecule has 0 fully saturated rings. The monoisotopic (exact) mass is 530 g/mol. The van der Waals surface area contributed by atoms with E-state index in [4.69, 9.17) is 9.97 Å². The Morgan fingerprint density at radius 1 is 1.08 bits per heavy atom. The minimum absolute atomic E-state index is 0.0489. The van der Waals surface area contributed by atoms with Gasteiger partial charge < -0.3 is 30.0 Å². The number of aliphatic carboxylic acids is 1. The first kappa shape index (κ1) is 27.6. The Kier molecular flexibility index (Phi) is 8.80. The van der Waals surface area contributed by atoms with Crippen LogP contribution < -0.4 is 10.4 Å². The van der Waals surface area contributed by atoms with Crippen LogP contribution in [0.4, 0.5) is 16.0 Å². The van der Waals surface area contributed by atoms with Crippen LogP contribution in [0.15, 0.2) is 72.9 Å². The zero-order valence-electron chi connectivity index (χ0n) is 21.5. The van der Waals surface area contributed by atoms with Gasteiger partial charge in [-0.1, -0.05) is 32.0 Å². The lowest BCUT2D eigenvalue weighted by atomic mass is 10.1. The van der Waals surface area contributed by atoms with Gasteiger partial charge in [0.1, 0.15) is 11.6 Å². The largest absolute Gasteiger partial charge is 0.550 e. The average molecular weight is 531 g/mol. The number of halogens is 1. The van der Waals surface area contributed by atoms with Crippen LogP contribution in [0.5, 0.6) is 0 Å². The normalized spacial score (nSPS) is 13.1. The molecule has 0 unspecified atom stereocenters. The number of hydrogen-bond donors (Lipinski definition) is 3. The summed E-state index contributed by atoms with van der Waals surface area (Å²) in [5, 5.41) is 34.3. The summed E-state index contributed by atoms with van der Waals surface area (Å²) in [6, 6.07) is 17.2. The average Bonchev–Trinajstić information content (AvgIpc) is 3.28. The van der Waals surface area contributed by atoms with Crippen molar-refractivity contribution >= 4 is 23.8 Å². The standard InChI is InChI=1S/C29H30FN5O4/c1-18(2)28-34-26(19-8-10-20(30)11-9-19)27(35(28)15-13-22(36)16-23(37)17-25(38)39)24-12-14-31-29(33-24)32-21-6-4-3-5-7-21/h3-15,18,22-23,36-37H,16-17H2,1-2H3,(H,38,39)(H,31,32,33)/p-1/b15-13+/t22-,23-/m1/s1. The smallest absolute Gasteiger partial charge is 0.227 e. The topological polar surface area (TPSA) is 136 Å². The number of carboxylic acid groups (broad SMARTS) is 1. The molecule has 0 saturated heterocycles. The third-order valence-corrected chi connectivity index (χ3v) is 5.87. The second-order valence-corrected chi connectivity index (χ2v) is 9.33. The Hall–Kier alpha value is -4.41. The van der Waals surface area contributed by atoms with E-state index < -0.39 is 24.6 Å². The molecule has 2 aromatic heterocycles. The highest BCUT2D eigenvalue weighted by Crippen LogP contribution is 2.35. The number of nitrogens with one attached hydrogen (secondary N) is 1. The van der Waals surface area contributed by atoms with E-state index in [1.54, 1.807) is 35.2 Å². The van der Waals surface area contributed by atoms with Crippen LogP contribution in [0.1, 0.15) is 38.4 Å². The zero-order chi connectivity index (χ0) is 27.9. The van der Waals surface area contributed by atoms with Crippen molar-refractivity contribution < 1.29 is 24.5 Å². The highest BCUT2D eigenvalue weighted by atomic mass is 19.1. The van der Waals surface area contributed by atoms with Gasteiger partial charge in [0.05, 0.1) is 29.3 Å². The molecule has 0 aliphatic heterocycles. The summed E-state index contributed by atoms with van der Waals surface area (Å²) in [5.41, 5.74) is 3.14. The number of carboxylic acids is 1. The molecule has 0 bridgehead atoms. The van der Waals surface area contributed by atoms with Crippen LogP contribution in [0, 0.1) is 5.82 Å². The maximum atomic E-state index is 13.7. The van der Waals surface area contributed by atoms with Crippen molar-refractivity contribution in [3.8, 4) is 22.6 Å². The van der Waals surface area contributed by atoms with Gasteiger partial charge in [0.2, 0.25) is 5.95 Å². The van der Waals surface area contributed by atoms with E-state index in [1.807, 2.05) is 44.2 Å². The number of carbonyl (C=O) groups excluding carboxylic acids is 1. The lowest BCUT2D eigenvalue weighted by Gasteiger charge is -2.15. The fourth-order valence-electron chi connectivity index (χ4n) is 4.08. The van der Waals surface area contributed by atoms with Gasteiger partial charge in [-0.15, -0.1) is 0 Å². The van der Waals surface area contributed by atoms with Crippen molar-refractivity contribution in [3.05, 3.63) is 84.6 Å². The molecule has 10 heteroatoms. The van der Waals surface area contributed by atoms with Crippen LogP contribution in [-0.2, 0) is 4.79 Å². The number of aromatic nitrogens is 4. The van der Waals surface area contributed by atoms with E-state index in [0.717, 1.165) is 5.69 Å². The highest BCUT2D eigenvalue weighted by molar-refractivity contribution is 5.79. The summed E-state index contributed by atoms with van der Waals surface area (Å²) in [6.07, 6.45) is 1.53. The number of imidazole rings is 1. The van der Waals surface area contributed by atoms with Crippen LogP contribution in [0.25, 0.3) is 28.8 Å². The predicted octanol–water partition coefficient (Wildman–Crippen LogP) is 3.74. The molecule has 0 radical (unpaired) electrons. The van der Waals surface area contributed by atoms with Gasteiger partial charge in [-0.05, 0) is 48.5 Å². The summed E-state index contributed by atoms with van der Waals surface area (Å²) >= 11 is 0. The van der Waals surface area contributed by atoms with Gasteiger partial charge in [-0.25, -0.2) is 19.3 Å². The lowest BCUT2D eigenvalue weighted by molar-refractivity contribution is -0.307. The summed E-state index contributed by atoms with van der Waals surface area (Å²) in [4.78, 5) is 24.7. The molecule has 0 saturated carbocycles. The number of benzene rings is 2. The number of carbonyl (C=O) groups is 1. The van der Waals surface area contributed by atoms with Crippen molar-refractivity contribution in [2.75, 3.05) is 5.32 Å². The maximum absolute atomic E-state index is 13.7. The summed E-state index contributed by atoms with van der Waals surface area (Å²) < 4.78 is 15.5. The molecule has 3 N–H and O–H groups in total. The molecule has 2 atom stereocenters. The van der Waals surface area contributed by atoms with Crippen LogP contribution in [0.3, 0.4) is 0 Å². The predicted molar refractivity (Wildman–Crippen MR) is 144 cm³/mol. The Morgan fingerprint density at radius 3 is 2.46 bits per heavy atom. The fourth-order valence-corrected chi connectivity index (χ4v) is 4.08. The molecule has 2 aromatic carbocycles. The third-order valence-electron chi connectivity index (χ3n) is 5.87. The summed E-state index contributed by atoms with van der Waals surface area (Å²) in [7, 11) is 0. The SMILES string of the molecule is CC(C)c1nc(-c2ccc(F)cc2)c(-c2ccnc(Nc3ccccc3)n2)n1/C=C/[C@@H](O)C[C@@H](O)CC(=O)[O-]. The number of rotatable bonds is 11. The molecule has 0 amide bonds. The van der Waals surface area contributed by atoms with Crippen molar-refractivity contribution in [1.29, 1.82) is 0 Å². The van der Waals surface area contributed by atoms with E-state index in [0.29, 0.717) is 34.4 Å². The van der Waals surface area contributed by atoms with Crippen LogP contribution in [0.2, 0.25) is 0 Å². The van der Waals surface area contributed by atoms with Gasteiger partial charge in [0.25, 0.3) is 0 Å². The van der Waals surface area contributed by atoms with Crippen molar-refractivity contribution in [2.45, 2.75) is 44.8 Å². The second kappa shape index (κ2) is 12.4. The van der Waals surface area contributed by atoms with Crippen molar-refractivity contribution in [2.24, 2.45) is 0 Å². The van der Waals surface area contributed by atoms with E-state index >= 15 is 0 Å². The fraction of sp³-hybridized carbons (Fsp3) is 0.241. The van der Waals surface area contributed by atoms with Crippen molar-refractivity contribution in [3.63, 3.8) is 0 Å². The Bertz CT molecular complexity index is 1440. The number of hydrogen-bond acceptors (Lipinski definition) is 8. The minimum atomic E-state index is -1.40. The van der Waals surface area contributed by atoms with E-state index in [1.165, 1.54) is 18.2 Å². The van der Waals surface area contributed by atoms with E-state index in [9.17, 15) is 24.5 Å². The van der Waals surface area contributed by atoms with Crippen LogP contribution >= 0.6 is 0 Å². The number of aliphatic hydroxyl groups excluding tert-OH is 2. The zero-order valence-corrected chi connectivity index (χ0v) is 21.5. The third kappa shape index (κ3) is 7.13. The van der Waals surface area contributed by atoms with Gasteiger partial charge >= 0.3 is 0 Å². The molecular weight excluding hydrogens is 501 g/mol. The molecule has 0 aliphatic rings. The molecule has 202 valence electrons. The number of anilines is 2. The molecular formula is C29H29FN5O4-. The Morgan fingerprint density at radius 2 is 1.79 bits per heavy atom. The van der Waals surface area contributed by atoms with Crippen LogP contribution in [-0.4, -0.2) is 47.9 Å². The van der Waals surface area contributed by atoms with Gasteiger partial charge in [0.15, 0.2) is 0 Å². The molecule has 9 nitrogen and oxygen atoms in total. The second-order valence-electron chi connectivity index (χ2n) is 9.33. The molecule has 0 aliphatic carbocycles. The first-order valence-electron chi connectivity index (χ1n) is 12.5. The highest BCUT2D eigenvalue weighted by Gasteiger charge is 2.22. The quantitative estimate of drug-likeness (QED) is 0.267. The Balaban J connectivity index is 1.80. The molecule has 2 heterocycles. The van der Waals surface area contributed by atoms with E-state index in [2.05, 4.69) is 10.3 Å². The van der Waals surface area contributed by atoms with Gasteiger partial charge in [-0.2, -0.15) is 0 Å². The van der Waals surface area contributed by atoms with Gasteiger partial charge in [-0.3, -0.25) is 0 Å². The molecule has 39 heavy (non-hydrogen) atoms. The van der Waals surface area contributed by atoms with E-state index in [-0.39, 0.29) is 18.2 Å². The molecule has 0 spiro atoms. The molecule has 4 aromatic rings. The number of aliphatic hydroxyl groups is 2. The summed E-state index contributed by atoms with van der Waals surface area (Å²) in [5.74, 6) is -0.813. The Labute approximate surface area is 225 Å². The minimum Gasteiger partial charge on any atom is -0.550 e. The molecule has 4 rings (SSSR count). The number of nitrogens with zero attached hydrogens (tertiary/aromatic N) is 4. The van der Waals surface area contributed by atoms with Gasteiger partial charge in [0, 0.05) is 48.4 Å². The summed E-state index contributed by atoms with van der Waals surface area (Å²) in [6.45, 7) is 3.93. The lowest BCUT2D eigenvalue weighted by Crippen LogP contribution is -2.29. The van der Waals surface area contributed by atoms with Crippen molar-refractivity contribution in [1.82, 2.24) is 19.5 Å². The number of para-hydroxylation sites is 1. The first-order chi connectivity index (χ1) is 18.7. The maximum Gasteiger partial charge on any atom is 0.227 e.